The van der Waals surface area contributed by atoms with Crippen LogP contribution in [-0.2, 0) is 16.6 Å². The first-order valence-electron chi connectivity index (χ1n) is 9.05. The van der Waals surface area contributed by atoms with E-state index in [0.29, 0.717) is 32.7 Å². The molecule has 0 bridgehead atoms. The van der Waals surface area contributed by atoms with Gasteiger partial charge in [-0.15, -0.1) is 11.3 Å². The Kier molecular flexibility index (Phi) is 5.72. The van der Waals surface area contributed by atoms with Gasteiger partial charge < -0.3 is 4.52 Å². The van der Waals surface area contributed by atoms with Crippen LogP contribution in [0.2, 0.25) is 0 Å². The molecule has 28 heavy (non-hydrogen) atoms. The average Bonchev–Trinajstić information content (AvgIpc) is 3.40. The minimum absolute atomic E-state index is 0.469. The van der Waals surface area contributed by atoms with Crippen molar-refractivity contribution in [3.8, 4) is 10.6 Å². The maximum atomic E-state index is 12.6. The summed E-state index contributed by atoms with van der Waals surface area (Å²) in [6, 6.07) is 15.4. The Bertz CT molecular complexity index is 1020. The van der Waals surface area contributed by atoms with E-state index in [-0.39, 0.29) is 0 Å². The maximum Gasteiger partial charge on any atom is 0.236 e. The van der Waals surface area contributed by atoms with E-state index in [1.165, 1.54) is 9.71 Å². The number of rotatable bonds is 6. The summed E-state index contributed by atoms with van der Waals surface area (Å²) in [5.41, 5.74) is 1.74. The lowest BCUT2D eigenvalue weighted by Crippen LogP contribution is -2.47. The Morgan fingerprint density at radius 1 is 1.07 bits per heavy atom. The molecule has 0 spiro atoms. The summed E-state index contributed by atoms with van der Waals surface area (Å²) in [5, 5.41) is 7.44. The average molecular weight is 416 g/mol. The summed E-state index contributed by atoms with van der Waals surface area (Å²) in [7, 11) is -3.41. The van der Waals surface area contributed by atoms with Crippen LogP contribution in [-0.4, -0.2) is 49.0 Å². The van der Waals surface area contributed by atoms with Crippen LogP contribution < -0.4 is 0 Å². The van der Waals surface area contributed by atoms with E-state index < -0.39 is 10.0 Å². The molecule has 1 aliphatic rings. The van der Waals surface area contributed by atoms with Gasteiger partial charge in [0, 0.05) is 44.2 Å². The molecule has 0 amide bonds. The molecule has 8 heteroatoms. The number of hydrogen-bond acceptors (Lipinski definition) is 6. The molecule has 1 aromatic carbocycles. The standard InChI is InChI=1S/C20H21N3O3S2/c24-28(25,14-8-17-5-2-1-3-6-17)23-11-9-22(10-12-23)16-18-15-19(26-21-18)20-7-4-13-27-20/h1-8,13-15H,9-12,16H2/b14-8+. The molecule has 1 fully saturated rings. The van der Waals surface area contributed by atoms with Crippen molar-refractivity contribution in [2.75, 3.05) is 26.2 Å². The summed E-state index contributed by atoms with van der Waals surface area (Å²) in [6.07, 6.45) is 1.64. The second-order valence-corrected chi connectivity index (χ2v) is 9.36. The summed E-state index contributed by atoms with van der Waals surface area (Å²) >= 11 is 1.61. The summed E-state index contributed by atoms with van der Waals surface area (Å²) in [4.78, 5) is 3.25. The van der Waals surface area contributed by atoms with Crippen LogP contribution in [0.1, 0.15) is 11.3 Å². The van der Waals surface area contributed by atoms with Crippen LogP contribution in [0.4, 0.5) is 0 Å². The molecule has 146 valence electrons. The highest BCUT2D eigenvalue weighted by Crippen LogP contribution is 2.25. The quantitative estimate of drug-likeness (QED) is 0.616. The van der Waals surface area contributed by atoms with Crippen molar-refractivity contribution in [2.24, 2.45) is 0 Å². The third-order valence-corrected chi connectivity index (χ3v) is 7.08. The number of sulfonamides is 1. The number of benzene rings is 1. The molecule has 4 rings (SSSR count). The molecule has 1 aliphatic heterocycles. The number of piperazine rings is 1. The zero-order valence-electron chi connectivity index (χ0n) is 15.3. The molecule has 1 saturated heterocycles. The molecule has 3 heterocycles. The highest BCUT2D eigenvalue weighted by molar-refractivity contribution is 7.92. The maximum absolute atomic E-state index is 12.6. The largest absolute Gasteiger partial charge is 0.355 e. The zero-order chi connectivity index (χ0) is 19.4. The Morgan fingerprint density at radius 2 is 1.86 bits per heavy atom. The molecule has 6 nitrogen and oxygen atoms in total. The minimum Gasteiger partial charge on any atom is -0.355 e. The summed E-state index contributed by atoms with van der Waals surface area (Å²) in [6.45, 7) is 2.93. The predicted molar refractivity (Wildman–Crippen MR) is 111 cm³/mol. The first kappa shape index (κ1) is 19.1. The Hall–Kier alpha value is -2.26. The highest BCUT2D eigenvalue weighted by Gasteiger charge is 2.25. The smallest absolute Gasteiger partial charge is 0.236 e. The van der Waals surface area contributed by atoms with Crippen molar-refractivity contribution in [3.05, 3.63) is 70.6 Å². The van der Waals surface area contributed by atoms with E-state index in [9.17, 15) is 8.42 Å². The normalized spacial score (nSPS) is 16.7. The lowest BCUT2D eigenvalue weighted by Gasteiger charge is -2.32. The van der Waals surface area contributed by atoms with Crippen LogP contribution >= 0.6 is 11.3 Å². The number of hydrogen-bond donors (Lipinski definition) is 0. The first-order chi connectivity index (χ1) is 13.6. The topological polar surface area (TPSA) is 66.7 Å². The fourth-order valence-electron chi connectivity index (χ4n) is 3.11. The van der Waals surface area contributed by atoms with Gasteiger partial charge in [0.1, 0.15) is 0 Å². The first-order valence-corrected chi connectivity index (χ1v) is 11.4. The molecular formula is C20H21N3O3S2. The fourth-order valence-corrected chi connectivity index (χ4v) is 4.95. The van der Waals surface area contributed by atoms with Gasteiger partial charge in [-0.1, -0.05) is 41.6 Å². The van der Waals surface area contributed by atoms with Crippen molar-refractivity contribution >= 4 is 27.4 Å². The van der Waals surface area contributed by atoms with Crippen LogP contribution in [0.25, 0.3) is 16.7 Å². The van der Waals surface area contributed by atoms with E-state index in [1.54, 1.807) is 17.4 Å². The lowest BCUT2D eigenvalue weighted by atomic mass is 10.2. The molecule has 0 saturated carbocycles. The van der Waals surface area contributed by atoms with Gasteiger partial charge in [0.25, 0.3) is 0 Å². The Balaban J connectivity index is 1.32. The summed E-state index contributed by atoms with van der Waals surface area (Å²) < 4.78 is 32.1. The van der Waals surface area contributed by atoms with Gasteiger partial charge in [-0.05, 0) is 23.1 Å². The van der Waals surface area contributed by atoms with Crippen LogP contribution in [0, 0.1) is 0 Å². The Labute approximate surface area is 168 Å². The van der Waals surface area contributed by atoms with E-state index in [4.69, 9.17) is 4.52 Å². The van der Waals surface area contributed by atoms with Gasteiger partial charge in [-0.2, -0.15) is 4.31 Å². The van der Waals surface area contributed by atoms with Gasteiger partial charge in [0.15, 0.2) is 5.76 Å². The van der Waals surface area contributed by atoms with E-state index in [0.717, 1.165) is 21.9 Å². The molecule has 3 aromatic rings. The van der Waals surface area contributed by atoms with Crippen molar-refractivity contribution in [1.29, 1.82) is 0 Å². The third kappa shape index (κ3) is 4.59. The number of thiophene rings is 1. The molecule has 0 aliphatic carbocycles. The SMILES string of the molecule is O=S(=O)(/C=C/c1ccccc1)N1CCN(Cc2cc(-c3cccs3)on2)CC1. The fraction of sp³-hybridized carbons (Fsp3) is 0.250. The van der Waals surface area contributed by atoms with Gasteiger partial charge >= 0.3 is 0 Å². The third-order valence-electron chi connectivity index (χ3n) is 4.63. The van der Waals surface area contributed by atoms with Gasteiger partial charge in [-0.3, -0.25) is 4.90 Å². The van der Waals surface area contributed by atoms with Gasteiger partial charge in [0.2, 0.25) is 10.0 Å². The van der Waals surface area contributed by atoms with Crippen molar-refractivity contribution < 1.29 is 12.9 Å². The molecule has 0 unspecified atom stereocenters. The second kappa shape index (κ2) is 8.40. The molecule has 0 radical (unpaired) electrons. The lowest BCUT2D eigenvalue weighted by molar-refractivity contribution is 0.179. The minimum atomic E-state index is -3.41. The molecule has 2 aromatic heterocycles. The van der Waals surface area contributed by atoms with Gasteiger partial charge in [-0.25, -0.2) is 8.42 Å². The van der Waals surface area contributed by atoms with Crippen molar-refractivity contribution in [1.82, 2.24) is 14.4 Å². The monoisotopic (exact) mass is 415 g/mol. The van der Waals surface area contributed by atoms with Crippen LogP contribution in [0.3, 0.4) is 0 Å². The highest BCUT2D eigenvalue weighted by atomic mass is 32.2. The van der Waals surface area contributed by atoms with Gasteiger partial charge in [0.05, 0.1) is 10.6 Å². The van der Waals surface area contributed by atoms with E-state index >= 15 is 0 Å². The van der Waals surface area contributed by atoms with Crippen molar-refractivity contribution in [3.63, 3.8) is 0 Å². The number of nitrogens with zero attached hydrogens (tertiary/aromatic N) is 3. The molecular weight excluding hydrogens is 394 g/mol. The predicted octanol–water partition coefficient (Wildman–Crippen LogP) is 3.52. The zero-order valence-corrected chi connectivity index (χ0v) is 16.9. The second-order valence-electron chi connectivity index (χ2n) is 6.59. The van der Waals surface area contributed by atoms with E-state index in [2.05, 4.69) is 10.1 Å². The van der Waals surface area contributed by atoms with Crippen molar-refractivity contribution in [2.45, 2.75) is 6.54 Å². The van der Waals surface area contributed by atoms with Crippen LogP contribution in [0.15, 0.2) is 63.8 Å². The summed E-state index contributed by atoms with van der Waals surface area (Å²) in [5.74, 6) is 0.775. The molecule has 0 atom stereocenters. The van der Waals surface area contributed by atoms with E-state index in [1.807, 2.05) is 53.9 Å². The Morgan fingerprint density at radius 3 is 2.57 bits per heavy atom. The number of aromatic nitrogens is 1. The van der Waals surface area contributed by atoms with Crippen LogP contribution in [0.5, 0.6) is 0 Å². The molecule has 0 N–H and O–H groups in total.